The minimum Gasteiger partial charge on any atom is -0.355 e. The highest BCUT2D eigenvalue weighted by molar-refractivity contribution is 5.96. The SMILES string of the molecule is CC(NC(=O)CC(=O)NCCc1ccccc1F)c1ccccc1. The number of benzene rings is 2. The van der Waals surface area contributed by atoms with Crippen LogP contribution in [0, 0.1) is 5.82 Å². The van der Waals surface area contributed by atoms with Crippen LogP contribution in [0.15, 0.2) is 54.6 Å². The van der Waals surface area contributed by atoms with Gasteiger partial charge in [-0.15, -0.1) is 0 Å². The first-order valence-electron chi connectivity index (χ1n) is 7.90. The number of amides is 2. The van der Waals surface area contributed by atoms with Gasteiger partial charge in [-0.1, -0.05) is 48.5 Å². The number of rotatable bonds is 7. The third kappa shape index (κ3) is 5.50. The van der Waals surface area contributed by atoms with Crippen LogP contribution in [0.25, 0.3) is 0 Å². The fourth-order valence-corrected chi connectivity index (χ4v) is 2.36. The Balaban J connectivity index is 1.72. The predicted molar refractivity (Wildman–Crippen MR) is 90.7 cm³/mol. The van der Waals surface area contributed by atoms with Gasteiger partial charge >= 0.3 is 0 Å². The van der Waals surface area contributed by atoms with Crippen molar-refractivity contribution in [2.24, 2.45) is 0 Å². The van der Waals surface area contributed by atoms with Gasteiger partial charge < -0.3 is 10.6 Å². The second kappa shape index (κ2) is 8.82. The van der Waals surface area contributed by atoms with Gasteiger partial charge in [0.05, 0.1) is 6.04 Å². The van der Waals surface area contributed by atoms with E-state index in [1.165, 1.54) is 6.07 Å². The van der Waals surface area contributed by atoms with Crippen molar-refractivity contribution in [2.45, 2.75) is 25.8 Å². The van der Waals surface area contributed by atoms with E-state index in [1.807, 2.05) is 37.3 Å². The van der Waals surface area contributed by atoms with Gasteiger partial charge in [0.25, 0.3) is 0 Å². The smallest absolute Gasteiger partial charge is 0.229 e. The molecule has 0 bridgehead atoms. The molecule has 2 amide bonds. The summed E-state index contributed by atoms with van der Waals surface area (Å²) in [4.78, 5) is 23.7. The van der Waals surface area contributed by atoms with Crippen LogP contribution in [0.2, 0.25) is 0 Å². The van der Waals surface area contributed by atoms with Crippen molar-refractivity contribution in [1.29, 1.82) is 0 Å². The summed E-state index contributed by atoms with van der Waals surface area (Å²) in [7, 11) is 0. The van der Waals surface area contributed by atoms with Gasteiger partial charge in [-0.25, -0.2) is 4.39 Å². The average Bonchev–Trinajstić information content (AvgIpc) is 2.57. The van der Waals surface area contributed by atoms with Crippen LogP contribution in [0.4, 0.5) is 4.39 Å². The predicted octanol–water partition coefficient (Wildman–Crippen LogP) is 2.75. The molecule has 0 spiro atoms. The Morgan fingerprint density at radius 2 is 1.67 bits per heavy atom. The van der Waals surface area contributed by atoms with E-state index >= 15 is 0 Å². The maximum Gasteiger partial charge on any atom is 0.229 e. The summed E-state index contributed by atoms with van der Waals surface area (Å²) in [6, 6.07) is 15.8. The summed E-state index contributed by atoms with van der Waals surface area (Å²) >= 11 is 0. The molecule has 5 heteroatoms. The molecule has 126 valence electrons. The van der Waals surface area contributed by atoms with Gasteiger partial charge in [0.2, 0.25) is 11.8 Å². The molecular formula is C19H21FN2O2. The fraction of sp³-hybridized carbons (Fsp3) is 0.263. The maximum absolute atomic E-state index is 13.5. The maximum atomic E-state index is 13.5. The topological polar surface area (TPSA) is 58.2 Å². The van der Waals surface area contributed by atoms with E-state index in [0.29, 0.717) is 18.5 Å². The molecule has 24 heavy (non-hydrogen) atoms. The molecule has 2 aromatic rings. The second-order valence-corrected chi connectivity index (χ2v) is 5.57. The molecule has 0 saturated carbocycles. The number of carbonyl (C=O) groups is 2. The van der Waals surface area contributed by atoms with Gasteiger partial charge in [0.1, 0.15) is 12.2 Å². The van der Waals surface area contributed by atoms with E-state index in [-0.39, 0.29) is 30.1 Å². The molecule has 2 aromatic carbocycles. The zero-order valence-corrected chi connectivity index (χ0v) is 13.6. The molecule has 0 heterocycles. The van der Waals surface area contributed by atoms with E-state index < -0.39 is 0 Å². The Bertz CT molecular complexity index is 689. The number of hydrogen-bond acceptors (Lipinski definition) is 2. The Morgan fingerprint density at radius 3 is 2.38 bits per heavy atom. The molecular weight excluding hydrogens is 307 g/mol. The summed E-state index contributed by atoms with van der Waals surface area (Å²) in [6.45, 7) is 2.16. The van der Waals surface area contributed by atoms with Crippen molar-refractivity contribution in [3.05, 3.63) is 71.5 Å². The third-order valence-corrected chi connectivity index (χ3v) is 3.67. The van der Waals surface area contributed by atoms with Gasteiger partial charge in [-0.2, -0.15) is 0 Å². The van der Waals surface area contributed by atoms with E-state index in [1.54, 1.807) is 18.2 Å². The molecule has 0 fully saturated rings. The standard InChI is InChI=1S/C19H21FN2O2/c1-14(15-7-3-2-4-8-15)22-19(24)13-18(23)21-12-11-16-9-5-6-10-17(16)20/h2-10,14H,11-13H2,1H3,(H,21,23)(H,22,24). The molecule has 0 radical (unpaired) electrons. The Morgan fingerprint density at radius 1 is 1.00 bits per heavy atom. The molecule has 1 atom stereocenters. The van der Waals surface area contributed by atoms with Crippen LogP contribution in [0.1, 0.15) is 30.5 Å². The van der Waals surface area contributed by atoms with Crippen molar-refractivity contribution in [1.82, 2.24) is 10.6 Å². The zero-order valence-electron chi connectivity index (χ0n) is 13.6. The highest BCUT2D eigenvalue weighted by atomic mass is 19.1. The minimum absolute atomic E-state index is 0.162. The first-order chi connectivity index (χ1) is 11.6. The third-order valence-electron chi connectivity index (χ3n) is 3.67. The molecule has 0 aliphatic rings. The van der Waals surface area contributed by atoms with E-state index in [9.17, 15) is 14.0 Å². The number of halogens is 1. The quantitative estimate of drug-likeness (QED) is 0.768. The highest BCUT2D eigenvalue weighted by Crippen LogP contribution is 2.11. The molecule has 4 nitrogen and oxygen atoms in total. The molecule has 1 unspecified atom stereocenters. The van der Waals surface area contributed by atoms with Crippen molar-refractivity contribution in [3.63, 3.8) is 0 Å². The van der Waals surface area contributed by atoms with Gasteiger partial charge in [0, 0.05) is 6.54 Å². The second-order valence-electron chi connectivity index (χ2n) is 5.57. The average molecular weight is 328 g/mol. The van der Waals surface area contributed by atoms with E-state index in [0.717, 1.165) is 5.56 Å². The van der Waals surface area contributed by atoms with E-state index in [2.05, 4.69) is 10.6 Å². The number of carbonyl (C=O) groups excluding carboxylic acids is 2. The molecule has 0 aromatic heterocycles. The van der Waals surface area contributed by atoms with Gasteiger partial charge in [-0.05, 0) is 30.5 Å². The van der Waals surface area contributed by atoms with Crippen molar-refractivity contribution in [2.75, 3.05) is 6.54 Å². The molecule has 0 saturated heterocycles. The Hall–Kier alpha value is -2.69. The normalized spacial score (nSPS) is 11.6. The monoisotopic (exact) mass is 328 g/mol. The zero-order chi connectivity index (χ0) is 17.4. The van der Waals surface area contributed by atoms with Crippen LogP contribution < -0.4 is 10.6 Å². The number of nitrogens with one attached hydrogen (secondary N) is 2. The summed E-state index contributed by atoms with van der Waals surface area (Å²) in [6.07, 6.45) is 0.148. The lowest BCUT2D eigenvalue weighted by Gasteiger charge is -2.14. The first kappa shape index (κ1) is 17.7. The van der Waals surface area contributed by atoms with Crippen LogP contribution in [-0.4, -0.2) is 18.4 Å². The lowest BCUT2D eigenvalue weighted by atomic mass is 10.1. The van der Waals surface area contributed by atoms with Crippen LogP contribution >= 0.6 is 0 Å². The van der Waals surface area contributed by atoms with Crippen molar-refractivity contribution >= 4 is 11.8 Å². The van der Waals surface area contributed by atoms with Crippen molar-refractivity contribution < 1.29 is 14.0 Å². The summed E-state index contributed by atoms with van der Waals surface area (Å²) in [5, 5.41) is 5.42. The van der Waals surface area contributed by atoms with Gasteiger partial charge in [-0.3, -0.25) is 9.59 Å². The highest BCUT2D eigenvalue weighted by Gasteiger charge is 2.13. The molecule has 0 aliphatic carbocycles. The Labute approximate surface area is 141 Å². The largest absolute Gasteiger partial charge is 0.355 e. The van der Waals surface area contributed by atoms with Crippen LogP contribution in [0.5, 0.6) is 0 Å². The first-order valence-corrected chi connectivity index (χ1v) is 7.90. The molecule has 0 aliphatic heterocycles. The molecule has 2 N–H and O–H groups in total. The number of hydrogen-bond donors (Lipinski definition) is 2. The van der Waals surface area contributed by atoms with Crippen LogP contribution in [0.3, 0.4) is 0 Å². The van der Waals surface area contributed by atoms with Crippen molar-refractivity contribution in [3.8, 4) is 0 Å². The Kier molecular flexibility index (Phi) is 6.49. The van der Waals surface area contributed by atoms with Crippen LogP contribution in [-0.2, 0) is 16.0 Å². The summed E-state index contributed by atoms with van der Waals surface area (Å²) in [5.41, 5.74) is 1.52. The summed E-state index contributed by atoms with van der Waals surface area (Å²) < 4.78 is 13.5. The lowest BCUT2D eigenvalue weighted by Crippen LogP contribution is -2.34. The minimum atomic E-state index is -0.371. The fourth-order valence-electron chi connectivity index (χ4n) is 2.36. The summed E-state index contributed by atoms with van der Waals surface area (Å²) in [5.74, 6) is -1.000. The van der Waals surface area contributed by atoms with Gasteiger partial charge in [0.15, 0.2) is 0 Å². The molecule has 2 rings (SSSR count). The van der Waals surface area contributed by atoms with E-state index in [4.69, 9.17) is 0 Å². The lowest BCUT2D eigenvalue weighted by molar-refractivity contribution is -0.129.